The smallest absolute Gasteiger partial charge is 0.137 e. The van der Waals surface area contributed by atoms with E-state index in [1.165, 1.54) is 5.56 Å². The molecule has 0 atom stereocenters. The molecule has 0 bridgehead atoms. The van der Waals surface area contributed by atoms with Gasteiger partial charge in [-0.25, -0.2) is 0 Å². The quantitative estimate of drug-likeness (QED) is 0.819. The van der Waals surface area contributed by atoms with Crippen molar-refractivity contribution >= 4 is 11.8 Å². The van der Waals surface area contributed by atoms with Crippen molar-refractivity contribution in [3.63, 3.8) is 0 Å². The van der Waals surface area contributed by atoms with Crippen LogP contribution in [-0.4, -0.2) is 10.3 Å². The average molecular weight is 238 g/mol. The molecule has 0 unspecified atom stereocenters. The maximum Gasteiger partial charge on any atom is 0.137 e. The second kappa shape index (κ2) is 4.74. The fourth-order valence-corrected chi connectivity index (χ4v) is 2.52. The molecule has 0 aliphatic rings. The molecule has 0 saturated carbocycles. The zero-order valence-electron chi connectivity index (χ0n) is 9.61. The van der Waals surface area contributed by atoms with Gasteiger partial charge in [-0.15, -0.1) is 0 Å². The van der Waals surface area contributed by atoms with E-state index in [1.54, 1.807) is 11.8 Å². The first-order chi connectivity index (χ1) is 7.66. The van der Waals surface area contributed by atoms with Crippen LogP contribution in [0.3, 0.4) is 0 Å². The van der Waals surface area contributed by atoms with Crippen LogP contribution in [0, 0.1) is 20.8 Å². The second-order valence-corrected chi connectivity index (χ2v) is 4.71. The van der Waals surface area contributed by atoms with E-state index in [9.17, 15) is 0 Å². The average Bonchev–Trinajstić information content (AvgIpc) is 2.78. The maximum absolute atomic E-state index is 5.10. The zero-order chi connectivity index (χ0) is 11.5. The minimum Gasteiger partial charge on any atom is -0.361 e. The van der Waals surface area contributed by atoms with Gasteiger partial charge < -0.3 is 9.05 Å². The summed E-state index contributed by atoms with van der Waals surface area (Å²) in [6.45, 7) is 5.80. The molecule has 0 radical (unpaired) electrons. The van der Waals surface area contributed by atoms with E-state index in [1.807, 2.05) is 26.8 Å². The van der Waals surface area contributed by atoms with Gasteiger partial charge in [0.25, 0.3) is 0 Å². The highest BCUT2D eigenvalue weighted by Crippen LogP contribution is 2.22. The Morgan fingerprint density at radius 1 is 1.12 bits per heavy atom. The van der Waals surface area contributed by atoms with Crippen LogP contribution in [0.5, 0.6) is 0 Å². The van der Waals surface area contributed by atoms with Gasteiger partial charge >= 0.3 is 0 Å². The topological polar surface area (TPSA) is 52.1 Å². The summed E-state index contributed by atoms with van der Waals surface area (Å²) in [6.07, 6.45) is 0. The molecule has 0 saturated heterocycles. The van der Waals surface area contributed by atoms with E-state index in [0.717, 1.165) is 34.4 Å². The molecule has 86 valence electrons. The number of aromatic nitrogens is 2. The summed E-state index contributed by atoms with van der Waals surface area (Å²) in [6, 6.07) is 1.96. The molecule has 0 aliphatic carbocycles. The van der Waals surface area contributed by atoms with Crippen LogP contribution in [0.15, 0.2) is 15.1 Å². The molecule has 2 rings (SSSR count). The summed E-state index contributed by atoms with van der Waals surface area (Å²) >= 11 is 1.78. The van der Waals surface area contributed by atoms with E-state index >= 15 is 0 Å². The van der Waals surface area contributed by atoms with Crippen molar-refractivity contribution in [1.29, 1.82) is 0 Å². The summed E-state index contributed by atoms with van der Waals surface area (Å²) in [7, 11) is 0. The van der Waals surface area contributed by atoms with Gasteiger partial charge in [0.15, 0.2) is 0 Å². The van der Waals surface area contributed by atoms with Crippen LogP contribution in [-0.2, 0) is 11.5 Å². The van der Waals surface area contributed by atoms with Crippen molar-refractivity contribution in [3.8, 4) is 0 Å². The van der Waals surface area contributed by atoms with Gasteiger partial charge in [0, 0.05) is 23.1 Å². The third-order valence-corrected chi connectivity index (χ3v) is 3.35. The lowest BCUT2D eigenvalue weighted by molar-refractivity contribution is 0.392. The molecule has 16 heavy (non-hydrogen) atoms. The molecule has 5 heteroatoms. The van der Waals surface area contributed by atoms with E-state index in [-0.39, 0.29) is 0 Å². The lowest BCUT2D eigenvalue weighted by Crippen LogP contribution is -1.86. The molecule has 0 N–H and O–H groups in total. The minimum atomic E-state index is 0.849. The van der Waals surface area contributed by atoms with Gasteiger partial charge in [-0.2, -0.15) is 11.8 Å². The van der Waals surface area contributed by atoms with Crippen molar-refractivity contribution in [2.45, 2.75) is 32.3 Å². The molecule has 2 heterocycles. The summed E-state index contributed by atoms with van der Waals surface area (Å²) in [5, 5.41) is 7.87. The summed E-state index contributed by atoms with van der Waals surface area (Å²) in [5.74, 6) is 3.50. The monoisotopic (exact) mass is 238 g/mol. The molecular weight excluding hydrogens is 224 g/mol. The number of nitrogens with zero attached hydrogens (tertiary/aromatic N) is 2. The van der Waals surface area contributed by atoms with Crippen molar-refractivity contribution < 1.29 is 9.05 Å². The fourth-order valence-electron chi connectivity index (χ4n) is 1.45. The van der Waals surface area contributed by atoms with Crippen LogP contribution >= 0.6 is 11.8 Å². The van der Waals surface area contributed by atoms with Crippen molar-refractivity contribution in [3.05, 3.63) is 34.5 Å². The Labute approximate surface area is 98.4 Å². The molecule has 4 nitrogen and oxygen atoms in total. The molecule has 0 aliphatic heterocycles. The predicted octanol–water partition coefficient (Wildman–Crippen LogP) is 3.02. The lowest BCUT2D eigenvalue weighted by atomic mass is 10.2. The molecule has 0 amide bonds. The first-order valence-electron chi connectivity index (χ1n) is 5.08. The van der Waals surface area contributed by atoms with Crippen LogP contribution < -0.4 is 0 Å². The van der Waals surface area contributed by atoms with Crippen molar-refractivity contribution in [2.75, 3.05) is 0 Å². The van der Waals surface area contributed by atoms with Gasteiger partial charge in [0.2, 0.25) is 0 Å². The summed E-state index contributed by atoms with van der Waals surface area (Å²) < 4.78 is 10.1. The van der Waals surface area contributed by atoms with Gasteiger partial charge in [0.05, 0.1) is 11.4 Å². The SMILES string of the molecule is Cc1cc(CSCc2c(C)noc2C)no1. The Hall–Kier alpha value is -1.23. The summed E-state index contributed by atoms with van der Waals surface area (Å²) in [4.78, 5) is 0. The number of rotatable bonds is 4. The summed E-state index contributed by atoms with van der Waals surface area (Å²) in [5.41, 5.74) is 3.14. The lowest BCUT2D eigenvalue weighted by Gasteiger charge is -1.97. The van der Waals surface area contributed by atoms with E-state index < -0.39 is 0 Å². The van der Waals surface area contributed by atoms with E-state index in [0.29, 0.717) is 0 Å². The third-order valence-electron chi connectivity index (χ3n) is 2.35. The predicted molar refractivity (Wildman–Crippen MR) is 62.2 cm³/mol. The van der Waals surface area contributed by atoms with E-state index in [4.69, 9.17) is 9.05 Å². The second-order valence-electron chi connectivity index (χ2n) is 3.72. The Morgan fingerprint density at radius 2 is 1.94 bits per heavy atom. The first kappa shape index (κ1) is 11.3. The standard InChI is InChI=1S/C11H14N2O2S/c1-7-4-10(13-14-7)5-16-6-11-8(2)12-15-9(11)3/h4H,5-6H2,1-3H3. The number of hydrogen-bond donors (Lipinski definition) is 0. The number of hydrogen-bond acceptors (Lipinski definition) is 5. The van der Waals surface area contributed by atoms with Crippen LogP contribution in [0.1, 0.15) is 28.5 Å². The van der Waals surface area contributed by atoms with Gasteiger partial charge in [0.1, 0.15) is 11.5 Å². The maximum atomic E-state index is 5.10. The fraction of sp³-hybridized carbons (Fsp3) is 0.455. The van der Waals surface area contributed by atoms with Crippen molar-refractivity contribution in [1.82, 2.24) is 10.3 Å². The van der Waals surface area contributed by atoms with Crippen LogP contribution in [0.25, 0.3) is 0 Å². The molecule has 0 fully saturated rings. The van der Waals surface area contributed by atoms with Gasteiger partial charge in [-0.05, 0) is 20.8 Å². The van der Waals surface area contributed by atoms with Gasteiger partial charge in [-0.3, -0.25) is 0 Å². The highest BCUT2D eigenvalue weighted by molar-refractivity contribution is 7.97. The molecule has 2 aromatic heterocycles. The molecule has 0 spiro atoms. The third kappa shape index (κ3) is 2.47. The molecule has 2 aromatic rings. The Balaban J connectivity index is 1.89. The number of thioether (sulfide) groups is 1. The molecule has 0 aromatic carbocycles. The minimum absolute atomic E-state index is 0.849. The largest absolute Gasteiger partial charge is 0.361 e. The normalized spacial score (nSPS) is 10.9. The highest BCUT2D eigenvalue weighted by Gasteiger charge is 2.09. The zero-order valence-corrected chi connectivity index (χ0v) is 10.4. The Morgan fingerprint density at radius 3 is 2.50 bits per heavy atom. The van der Waals surface area contributed by atoms with E-state index in [2.05, 4.69) is 10.3 Å². The highest BCUT2D eigenvalue weighted by atomic mass is 32.2. The Bertz CT molecular complexity index is 457. The van der Waals surface area contributed by atoms with Crippen LogP contribution in [0.4, 0.5) is 0 Å². The number of aryl methyl sites for hydroxylation is 3. The van der Waals surface area contributed by atoms with Crippen molar-refractivity contribution in [2.24, 2.45) is 0 Å². The Kier molecular flexibility index (Phi) is 3.33. The molecular formula is C11H14N2O2S. The van der Waals surface area contributed by atoms with Crippen LogP contribution in [0.2, 0.25) is 0 Å². The first-order valence-corrected chi connectivity index (χ1v) is 6.24. The van der Waals surface area contributed by atoms with Gasteiger partial charge in [-0.1, -0.05) is 10.3 Å².